The number of rotatable bonds is 2. The van der Waals surface area contributed by atoms with E-state index in [1.54, 1.807) is 36.5 Å². The van der Waals surface area contributed by atoms with Crippen LogP contribution in [0.2, 0.25) is 5.02 Å². The second-order valence-electron chi connectivity index (χ2n) is 5.22. The SMILES string of the molecule is N#Cc1ccc2nc(-c3cc(Br)nn3-c3ncccc3Cl)oc(=O)c2c1. The summed E-state index contributed by atoms with van der Waals surface area (Å²) < 4.78 is 7.30. The number of fused-ring (bicyclic) bond motifs is 1. The lowest BCUT2D eigenvalue weighted by Gasteiger charge is -2.07. The van der Waals surface area contributed by atoms with Gasteiger partial charge in [-0.25, -0.2) is 19.4 Å². The van der Waals surface area contributed by atoms with Crippen LogP contribution in [-0.4, -0.2) is 19.7 Å². The summed E-state index contributed by atoms with van der Waals surface area (Å²) in [5.41, 5.74) is 0.567. The fourth-order valence-electron chi connectivity index (χ4n) is 2.45. The van der Waals surface area contributed by atoms with Crippen LogP contribution in [0.1, 0.15) is 5.56 Å². The first-order chi connectivity index (χ1) is 12.6. The standard InChI is InChI=1S/C17H7BrClN5O2/c18-14-7-13(24(23-14)15-11(19)2-1-5-21-15)16-22-12-4-3-9(8-20)6-10(12)17(25)26-16/h1-7H. The molecule has 0 N–H and O–H groups in total. The van der Waals surface area contributed by atoms with Crippen LogP contribution in [-0.2, 0) is 0 Å². The van der Waals surface area contributed by atoms with Crippen molar-refractivity contribution in [2.75, 3.05) is 0 Å². The monoisotopic (exact) mass is 427 g/mol. The van der Waals surface area contributed by atoms with Gasteiger partial charge in [-0.2, -0.15) is 10.4 Å². The lowest BCUT2D eigenvalue weighted by atomic mass is 10.2. The number of pyridine rings is 1. The molecule has 1 aromatic carbocycles. The smallest absolute Gasteiger partial charge is 0.347 e. The van der Waals surface area contributed by atoms with Gasteiger partial charge >= 0.3 is 5.63 Å². The molecule has 0 spiro atoms. The zero-order valence-corrected chi connectivity index (χ0v) is 15.2. The molecule has 0 radical (unpaired) electrons. The molecular weight excluding hydrogens is 422 g/mol. The number of nitriles is 1. The highest BCUT2D eigenvalue weighted by atomic mass is 79.9. The van der Waals surface area contributed by atoms with Gasteiger partial charge in [-0.1, -0.05) is 11.6 Å². The Balaban J connectivity index is 1.96. The van der Waals surface area contributed by atoms with Gasteiger partial charge in [0.15, 0.2) is 5.82 Å². The first-order valence-corrected chi connectivity index (χ1v) is 8.46. The average molecular weight is 429 g/mol. The first kappa shape index (κ1) is 16.4. The Labute approximate surface area is 159 Å². The molecule has 0 saturated carbocycles. The molecule has 0 aliphatic carbocycles. The highest BCUT2D eigenvalue weighted by Gasteiger charge is 2.18. The van der Waals surface area contributed by atoms with Crippen molar-refractivity contribution in [1.82, 2.24) is 19.7 Å². The average Bonchev–Trinajstić information content (AvgIpc) is 3.03. The summed E-state index contributed by atoms with van der Waals surface area (Å²) in [6.07, 6.45) is 1.58. The molecule has 4 aromatic rings. The fourth-order valence-corrected chi connectivity index (χ4v) is 3.03. The Hall–Kier alpha value is -3.02. The lowest BCUT2D eigenvalue weighted by Crippen LogP contribution is -2.07. The largest absolute Gasteiger partial charge is 0.401 e. The van der Waals surface area contributed by atoms with Crippen LogP contribution in [0.4, 0.5) is 0 Å². The molecule has 0 atom stereocenters. The molecule has 126 valence electrons. The minimum Gasteiger partial charge on any atom is -0.401 e. The zero-order chi connectivity index (χ0) is 18.3. The van der Waals surface area contributed by atoms with Crippen LogP contribution in [0.3, 0.4) is 0 Å². The third kappa shape index (κ3) is 2.77. The van der Waals surface area contributed by atoms with Gasteiger partial charge in [0.2, 0.25) is 5.89 Å². The number of nitrogens with zero attached hydrogens (tertiary/aromatic N) is 5. The van der Waals surface area contributed by atoms with Crippen molar-refractivity contribution in [3.63, 3.8) is 0 Å². The van der Waals surface area contributed by atoms with E-state index in [-0.39, 0.29) is 11.3 Å². The van der Waals surface area contributed by atoms with Crippen LogP contribution in [0.5, 0.6) is 0 Å². The quantitative estimate of drug-likeness (QED) is 0.482. The number of halogens is 2. The van der Waals surface area contributed by atoms with E-state index in [1.807, 2.05) is 6.07 Å². The van der Waals surface area contributed by atoms with Crippen LogP contribution >= 0.6 is 27.5 Å². The van der Waals surface area contributed by atoms with Crippen molar-refractivity contribution in [3.05, 3.63) is 68.2 Å². The Morgan fingerprint density at radius 2 is 2.12 bits per heavy atom. The zero-order valence-electron chi connectivity index (χ0n) is 12.8. The van der Waals surface area contributed by atoms with Crippen molar-refractivity contribution in [3.8, 4) is 23.5 Å². The van der Waals surface area contributed by atoms with Crippen molar-refractivity contribution in [2.24, 2.45) is 0 Å². The molecular formula is C17H7BrClN5O2. The summed E-state index contributed by atoms with van der Waals surface area (Å²) >= 11 is 9.51. The second kappa shape index (κ2) is 6.37. The minimum atomic E-state index is -0.599. The summed E-state index contributed by atoms with van der Waals surface area (Å²) in [5, 5.41) is 13.9. The number of benzene rings is 1. The van der Waals surface area contributed by atoms with Gasteiger partial charge in [-0.3, -0.25) is 0 Å². The minimum absolute atomic E-state index is 0.0622. The third-order valence-electron chi connectivity index (χ3n) is 3.60. The number of hydrogen-bond acceptors (Lipinski definition) is 6. The molecule has 0 unspecified atom stereocenters. The van der Waals surface area contributed by atoms with E-state index in [9.17, 15) is 4.79 Å². The van der Waals surface area contributed by atoms with Gasteiger partial charge in [0.25, 0.3) is 0 Å². The Morgan fingerprint density at radius 3 is 2.88 bits per heavy atom. The molecule has 4 rings (SSSR count). The van der Waals surface area contributed by atoms with Crippen LogP contribution < -0.4 is 5.63 Å². The van der Waals surface area contributed by atoms with Gasteiger partial charge in [0.1, 0.15) is 10.3 Å². The maximum absolute atomic E-state index is 12.4. The summed E-state index contributed by atoms with van der Waals surface area (Å²) in [6.45, 7) is 0. The Kier molecular flexibility index (Phi) is 4.03. The molecule has 9 heteroatoms. The summed E-state index contributed by atoms with van der Waals surface area (Å²) in [7, 11) is 0. The van der Waals surface area contributed by atoms with Gasteiger partial charge in [-0.15, -0.1) is 0 Å². The summed E-state index contributed by atoms with van der Waals surface area (Å²) in [6, 6.07) is 11.6. The molecule has 0 fully saturated rings. The highest BCUT2D eigenvalue weighted by Crippen LogP contribution is 2.27. The Bertz CT molecular complexity index is 1260. The predicted octanol–water partition coefficient (Wildman–Crippen LogP) is 3.72. The fraction of sp³-hybridized carbons (Fsp3) is 0. The van der Waals surface area contributed by atoms with E-state index in [1.165, 1.54) is 10.7 Å². The van der Waals surface area contributed by atoms with Gasteiger partial charge in [0, 0.05) is 12.3 Å². The van der Waals surface area contributed by atoms with Crippen molar-refractivity contribution < 1.29 is 4.42 Å². The molecule has 26 heavy (non-hydrogen) atoms. The summed E-state index contributed by atoms with van der Waals surface area (Å²) in [4.78, 5) is 21.0. The molecule has 0 aliphatic heterocycles. The van der Waals surface area contributed by atoms with Gasteiger partial charge < -0.3 is 4.42 Å². The van der Waals surface area contributed by atoms with Crippen molar-refractivity contribution in [1.29, 1.82) is 5.26 Å². The molecule has 0 amide bonds. The topological polar surface area (TPSA) is 97.6 Å². The maximum atomic E-state index is 12.4. The van der Waals surface area contributed by atoms with Crippen molar-refractivity contribution >= 4 is 38.4 Å². The van der Waals surface area contributed by atoms with Gasteiger partial charge in [0.05, 0.1) is 27.6 Å². The van der Waals surface area contributed by atoms with E-state index >= 15 is 0 Å². The molecule has 7 nitrogen and oxygen atoms in total. The Morgan fingerprint density at radius 1 is 1.27 bits per heavy atom. The molecule has 0 aliphatic rings. The van der Waals surface area contributed by atoms with E-state index in [4.69, 9.17) is 21.3 Å². The predicted molar refractivity (Wildman–Crippen MR) is 98.1 cm³/mol. The summed E-state index contributed by atoms with van der Waals surface area (Å²) in [5.74, 6) is 0.436. The molecule has 3 aromatic heterocycles. The second-order valence-corrected chi connectivity index (χ2v) is 6.44. The van der Waals surface area contributed by atoms with Crippen molar-refractivity contribution in [2.45, 2.75) is 0 Å². The molecule has 0 bridgehead atoms. The van der Waals surface area contributed by atoms with Gasteiger partial charge in [-0.05, 0) is 46.3 Å². The van der Waals surface area contributed by atoms with E-state index in [0.29, 0.717) is 32.2 Å². The van der Waals surface area contributed by atoms with E-state index in [2.05, 4.69) is 31.0 Å². The maximum Gasteiger partial charge on any atom is 0.347 e. The number of hydrogen-bond donors (Lipinski definition) is 0. The van der Waals surface area contributed by atoms with Crippen LogP contribution in [0.15, 0.2) is 56.4 Å². The first-order valence-electron chi connectivity index (χ1n) is 7.28. The molecule has 3 heterocycles. The number of aromatic nitrogens is 4. The van der Waals surface area contributed by atoms with Crippen LogP contribution in [0, 0.1) is 11.3 Å². The highest BCUT2D eigenvalue weighted by molar-refractivity contribution is 9.10. The van der Waals surface area contributed by atoms with E-state index in [0.717, 1.165) is 0 Å². The molecule has 0 saturated heterocycles. The normalized spacial score (nSPS) is 10.8. The van der Waals surface area contributed by atoms with Crippen LogP contribution in [0.25, 0.3) is 28.3 Å². The third-order valence-corrected chi connectivity index (χ3v) is 4.28. The lowest BCUT2D eigenvalue weighted by molar-refractivity contribution is 0.513. The van der Waals surface area contributed by atoms with E-state index < -0.39 is 5.63 Å².